The Bertz CT molecular complexity index is 529. The number of nitrogens with one attached hydrogen (secondary N) is 1. The number of nitrogens with zero attached hydrogens (tertiary/aromatic N) is 1. The zero-order valence-corrected chi connectivity index (χ0v) is 12.7. The summed E-state index contributed by atoms with van der Waals surface area (Å²) in [5.74, 6) is 0.552. The molecule has 0 atom stereocenters. The predicted octanol–water partition coefficient (Wildman–Crippen LogP) is 2.41. The summed E-state index contributed by atoms with van der Waals surface area (Å²) in [5.41, 5.74) is -0.723. The highest BCUT2D eigenvalue weighted by Crippen LogP contribution is 2.13. The molecule has 1 aromatic rings. The van der Waals surface area contributed by atoms with E-state index in [4.69, 9.17) is 0 Å². The van der Waals surface area contributed by atoms with Crippen molar-refractivity contribution < 1.29 is 5.11 Å². The fourth-order valence-corrected chi connectivity index (χ4v) is 2.30. The molecule has 0 aliphatic rings. The fraction of sp³-hybridized carbons (Fsp3) is 0.733. The number of aromatic amines is 1. The van der Waals surface area contributed by atoms with Gasteiger partial charge < -0.3 is 5.11 Å². The second-order valence-corrected chi connectivity index (χ2v) is 5.66. The molecule has 0 aliphatic heterocycles. The lowest BCUT2D eigenvalue weighted by atomic mass is 10.0. The lowest BCUT2D eigenvalue weighted by Crippen LogP contribution is -2.32. The maximum atomic E-state index is 11.7. The Hall–Kier alpha value is -1.52. The van der Waals surface area contributed by atoms with Crippen LogP contribution in [0.3, 0.4) is 0 Å². The van der Waals surface area contributed by atoms with Crippen LogP contribution < -0.4 is 11.2 Å². The van der Waals surface area contributed by atoms with Gasteiger partial charge in [-0.05, 0) is 18.8 Å². The number of hydrogen-bond donors (Lipinski definition) is 2. The second kappa shape index (κ2) is 7.92. The highest BCUT2D eigenvalue weighted by Gasteiger charge is 2.11. The van der Waals surface area contributed by atoms with Crippen LogP contribution >= 0.6 is 0 Å². The van der Waals surface area contributed by atoms with Gasteiger partial charge in [0.2, 0.25) is 5.88 Å². The fourth-order valence-electron chi connectivity index (χ4n) is 2.30. The van der Waals surface area contributed by atoms with Gasteiger partial charge in [0, 0.05) is 6.54 Å². The average molecular weight is 282 g/mol. The minimum absolute atomic E-state index is 0.177. The highest BCUT2D eigenvalue weighted by atomic mass is 16.3. The van der Waals surface area contributed by atoms with Crippen molar-refractivity contribution in [1.29, 1.82) is 0 Å². The van der Waals surface area contributed by atoms with Crippen molar-refractivity contribution >= 4 is 0 Å². The van der Waals surface area contributed by atoms with Gasteiger partial charge in [-0.1, -0.05) is 46.5 Å². The first-order valence-electron chi connectivity index (χ1n) is 7.52. The third-order valence-corrected chi connectivity index (χ3v) is 3.53. The first-order valence-corrected chi connectivity index (χ1v) is 7.52. The quantitative estimate of drug-likeness (QED) is 0.719. The van der Waals surface area contributed by atoms with E-state index in [0.29, 0.717) is 13.0 Å². The Labute approximate surface area is 119 Å². The van der Waals surface area contributed by atoms with Gasteiger partial charge in [-0.25, -0.2) is 4.79 Å². The van der Waals surface area contributed by atoms with Gasteiger partial charge in [-0.3, -0.25) is 14.3 Å². The van der Waals surface area contributed by atoms with Crippen molar-refractivity contribution in [3.8, 4) is 5.88 Å². The molecule has 0 saturated carbocycles. The summed E-state index contributed by atoms with van der Waals surface area (Å²) in [4.78, 5) is 25.4. The van der Waals surface area contributed by atoms with E-state index in [-0.39, 0.29) is 11.4 Å². The van der Waals surface area contributed by atoms with Crippen LogP contribution in [-0.4, -0.2) is 14.7 Å². The van der Waals surface area contributed by atoms with E-state index in [9.17, 15) is 14.7 Å². The van der Waals surface area contributed by atoms with Crippen LogP contribution in [0.2, 0.25) is 0 Å². The summed E-state index contributed by atoms with van der Waals surface area (Å²) in [6.45, 7) is 6.66. The lowest BCUT2D eigenvalue weighted by Gasteiger charge is -2.10. The van der Waals surface area contributed by atoms with E-state index < -0.39 is 11.2 Å². The molecule has 1 rings (SSSR count). The molecule has 0 saturated heterocycles. The van der Waals surface area contributed by atoms with Crippen LogP contribution in [0, 0.1) is 5.92 Å². The number of H-pyrrole nitrogens is 1. The number of rotatable bonds is 8. The van der Waals surface area contributed by atoms with E-state index in [1.807, 2.05) is 0 Å². The molecule has 5 heteroatoms. The molecule has 0 unspecified atom stereocenters. The second-order valence-electron chi connectivity index (χ2n) is 5.66. The van der Waals surface area contributed by atoms with Crippen molar-refractivity contribution in [2.75, 3.05) is 0 Å². The molecule has 2 N–H and O–H groups in total. The van der Waals surface area contributed by atoms with Crippen LogP contribution in [0.15, 0.2) is 9.59 Å². The van der Waals surface area contributed by atoms with Gasteiger partial charge in [0.1, 0.15) is 0 Å². The molecule has 0 bridgehead atoms. The highest BCUT2D eigenvalue weighted by molar-refractivity contribution is 5.22. The third kappa shape index (κ3) is 4.54. The molecular weight excluding hydrogens is 256 g/mol. The van der Waals surface area contributed by atoms with E-state index >= 15 is 0 Å². The number of aromatic hydroxyl groups is 1. The van der Waals surface area contributed by atoms with Crippen LogP contribution in [-0.2, 0) is 13.0 Å². The molecule has 20 heavy (non-hydrogen) atoms. The molecular formula is C15H26N2O3. The van der Waals surface area contributed by atoms with E-state index in [2.05, 4.69) is 18.8 Å². The molecule has 0 aliphatic carbocycles. The average Bonchev–Trinajstić information content (AvgIpc) is 2.36. The van der Waals surface area contributed by atoms with Gasteiger partial charge in [0.05, 0.1) is 5.56 Å². The Balaban J connectivity index is 2.56. The van der Waals surface area contributed by atoms with Crippen molar-refractivity contribution in [3.63, 3.8) is 0 Å². The normalized spacial score (nSPS) is 11.2. The smallest absolute Gasteiger partial charge is 0.331 e. The Morgan fingerprint density at radius 2 is 1.80 bits per heavy atom. The zero-order chi connectivity index (χ0) is 15.1. The summed E-state index contributed by atoms with van der Waals surface area (Å²) in [5, 5.41) is 9.97. The van der Waals surface area contributed by atoms with Gasteiger partial charge in [-0.2, -0.15) is 0 Å². The molecule has 0 spiro atoms. The molecule has 0 amide bonds. The summed E-state index contributed by atoms with van der Waals surface area (Å²) >= 11 is 0. The first kappa shape index (κ1) is 16.5. The number of hydrogen-bond acceptors (Lipinski definition) is 3. The number of unbranched alkanes of at least 4 members (excludes halogenated alkanes) is 3. The van der Waals surface area contributed by atoms with Gasteiger partial charge in [0.15, 0.2) is 0 Å². The standard InChI is InChI=1S/C15H26N2O3/c1-4-12-13(18)16-15(20)17(14(12)19)10-8-6-5-7-9-11(2)3/h11,19H,4-10H2,1-3H3,(H,16,18,20). The summed E-state index contributed by atoms with van der Waals surface area (Å²) in [7, 11) is 0. The predicted molar refractivity (Wildman–Crippen MR) is 80.3 cm³/mol. The topological polar surface area (TPSA) is 75.1 Å². The van der Waals surface area contributed by atoms with Crippen LogP contribution in [0.4, 0.5) is 0 Å². The maximum Gasteiger partial charge on any atom is 0.331 e. The minimum Gasteiger partial charge on any atom is -0.494 e. The molecule has 1 heterocycles. The minimum atomic E-state index is -0.521. The molecule has 0 fully saturated rings. The van der Waals surface area contributed by atoms with E-state index in [0.717, 1.165) is 25.2 Å². The van der Waals surface area contributed by atoms with E-state index in [1.54, 1.807) is 6.92 Å². The maximum absolute atomic E-state index is 11.7. The SMILES string of the molecule is CCc1c(O)n(CCCCCCC(C)C)c(=O)[nH]c1=O. The molecule has 0 radical (unpaired) electrons. The summed E-state index contributed by atoms with van der Waals surface area (Å²) < 4.78 is 1.27. The zero-order valence-electron chi connectivity index (χ0n) is 12.7. The third-order valence-electron chi connectivity index (χ3n) is 3.53. The Morgan fingerprint density at radius 1 is 1.15 bits per heavy atom. The number of aromatic nitrogens is 2. The molecule has 114 valence electrons. The van der Waals surface area contributed by atoms with Gasteiger partial charge >= 0.3 is 5.69 Å². The van der Waals surface area contributed by atoms with E-state index in [1.165, 1.54) is 17.4 Å². The molecule has 0 aromatic carbocycles. The molecule has 5 nitrogen and oxygen atoms in total. The lowest BCUT2D eigenvalue weighted by molar-refractivity contribution is 0.385. The monoisotopic (exact) mass is 282 g/mol. The first-order chi connectivity index (χ1) is 9.47. The van der Waals surface area contributed by atoms with Crippen LogP contribution in [0.5, 0.6) is 5.88 Å². The molecule has 1 aromatic heterocycles. The van der Waals surface area contributed by atoms with Crippen LogP contribution in [0.25, 0.3) is 0 Å². The van der Waals surface area contributed by atoms with Crippen molar-refractivity contribution in [1.82, 2.24) is 9.55 Å². The Kier molecular flexibility index (Phi) is 6.55. The van der Waals surface area contributed by atoms with Crippen LogP contribution in [0.1, 0.15) is 58.4 Å². The van der Waals surface area contributed by atoms with Gasteiger partial charge in [0.25, 0.3) is 5.56 Å². The largest absolute Gasteiger partial charge is 0.494 e. The summed E-state index contributed by atoms with van der Waals surface area (Å²) in [6, 6.07) is 0. The van der Waals surface area contributed by atoms with Crippen molar-refractivity contribution in [3.05, 3.63) is 26.4 Å². The van der Waals surface area contributed by atoms with Gasteiger partial charge in [-0.15, -0.1) is 0 Å². The summed E-state index contributed by atoms with van der Waals surface area (Å²) in [6.07, 6.45) is 5.83. The van der Waals surface area contributed by atoms with Crippen molar-refractivity contribution in [2.45, 2.75) is 65.8 Å². The van der Waals surface area contributed by atoms with Crippen molar-refractivity contribution in [2.24, 2.45) is 5.92 Å². The Morgan fingerprint density at radius 3 is 2.40 bits per heavy atom.